The Hall–Kier alpha value is -2.35. The molecule has 3 heterocycles. The van der Waals surface area contributed by atoms with Gasteiger partial charge in [0.2, 0.25) is 17.0 Å². The lowest BCUT2D eigenvalue weighted by Gasteiger charge is -2.39. The van der Waals surface area contributed by atoms with Crippen LogP contribution in [0.4, 0.5) is 5.69 Å². The molecule has 8 heteroatoms. The fraction of sp³-hybridized carbons (Fsp3) is 0.444. The molecule has 0 radical (unpaired) electrons. The molecule has 1 saturated heterocycles. The standard InChI is InChI=1S/C18H21N5O2S/c1-2-14-20-17(22-21-14)26-10-15(24)23-9-5-8-18(11-23)12-6-3-4-7-13(12)19-16(18)25/h3-4,6-7H,2,5,8-11H2,1H3,(H,19,25)(H,20,21,22)/t18-/m1/s1. The van der Waals surface area contributed by atoms with Crippen LogP contribution in [0.2, 0.25) is 0 Å². The highest BCUT2D eigenvalue weighted by molar-refractivity contribution is 7.99. The second-order valence-electron chi connectivity index (χ2n) is 6.71. The maximum atomic E-state index is 12.7. The first kappa shape index (κ1) is 17.1. The van der Waals surface area contributed by atoms with Gasteiger partial charge < -0.3 is 10.2 Å². The number of benzene rings is 1. The normalized spacial score (nSPS) is 21.7. The molecule has 1 spiro atoms. The number of aryl methyl sites for hydroxylation is 1. The van der Waals surface area contributed by atoms with Gasteiger partial charge in [0.05, 0.1) is 11.2 Å². The molecule has 2 N–H and O–H groups in total. The van der Waals surface area contributed by atoms with Crippen LogP contribution in [-0.4, -0.2) is 50.7 Å². The summed E-state index contributed by atoms with van der Waals surface area (Å²) in [6, 6.07) is 7.79. The van der Waals surface area contributed by atoms with Crippen molar-refractivity contribution in [3.8, 4) is 0 Å². The number of para-hydroxylation sites is 1. The highest BCUT2D eigenvalue weighted by atomic mass is 32.2. The molecule has 1 aromatic heterocycles. The van der Waals surface area contributed by atoms with E-state index in [1.165, 1.54) is 11.8 Å². The number of nitrogens with one attached hydrogen (secondary N) is 2. The molecular weight excluding hydrogens is 350 g/mol. The van der Waals surface area contributed by atoms with Crippen molar-refractivity contribution in [1.29, 1.82) is 0 Å². The van der Waals surface area contributed by atoms with Crippen LogP contribution in [0, 0.1) is 0 Å². The van der Waals surface area contributed by atoms with Gasteiger partial charge in [0.15, 0.2) is 0 Å². The van der Waals surface area contributed by atoms with Gasteiger partial charge in [0.1, 0.15) is 5.82 Å². The number of piperidine rings is 1. The average Bonchev–Trinajstić information content (AvgIpc) is 3.23. The third-order valence-corrected chi connectivity index (χ3v) is 5.97. The predicted molar refractivity (Wildman–Crippen MR) is 99.0 cm³/mol. The Kier molecular flexibility index (Phi) is 4.44. The Balaban J connectivity index is 1.47. The van der Waals surface area contributed by atoms with E-state index in [9.17, 15) is 9.59 Å². The minimum atomic E-state index is -0.616. The van der Waals surface area contributed by atoms with E-state index in [1.54, 1.807) is 0 Å². The van der Waals surface area contributed by atoms with Gasteiger partial charge in [-0.3, -0.25) is 14.7 Å². The van der Waals surface area contributed by atoms with Crippen LogP contribution in [0.25, 0.3) is 0 Å². The fourth-order valence-electron chi connectivity index (χ4n) is 3.77. The van der Waals surface area contributed by atoms with Gasteiger partial charge in [0.25, 0.3) is 0 Å². The summed E-state index contributed by atoms with van der Waals surface area (Å²) in [7, 11) is 0. The van der Waals surface area contributed by atoms with Crippen molar-refractivity contribution in [2.75, 3.05) is 24.2 Å². The molecule has 1 atom stereocenters. The quantitative estimate of drug-likeness (QED) is 0.802. The number of fused-ring (bicyclic) bond motifs is 2. The lowest BCUT2D eigenvalue weighted by atomic mass is 9.75. The van der Waals surface area contributed by atoms with E-state index in [2.05, 4.69) is 20.5 Å². The van der Waals surface area contributed by atoms with E-state index < -0.39 is 5.41 Å². The summed E-state index contributed by atoms with van der Waals surface area (Å²) in [6.45, 7) is 3.12. The molecule has 136 valence electrons. The lowest BCUT2D eigenvalue weighted by Crippen LogP contribution is -2.52. The SMILES string of the molecule is CCc1nc(SCC(=O)N2CCC[C@]3(C2)C(=O)Nc2ccccc23)n[nH]1. The van der Waals surface area contributed by atoms with Gasteiger partial charge >= 0.3 is 0 Å². The number of hydrogen-bond donors (Lipinski definition) is 2. The topological polar surface area (TPSA) is 91.0 Å². The molecule has 2 aromatic rings. The Morgan fingerprint density at radius 3 is 3.04 bits per heavy atom. The second kappa shape index (κ2) is 6.75. The lowest BCUT2D eigenvalue weighted by molar-refractivity contribution is -0.133. The third-order valence-electron chi connectivity index (χ3n) is 5.14. The first-order valence-corrected chi connectivity index (χ1v) is 9.84. The van der Waals surface area contributed by atoms with Crippen LogP contribution in [0.15, 0.2) is 29.4 Å². The van der Waals surface area contributed by atoms with Gasteiger partial charge in [-0.2, -0.15) is 0 Å². The molecule has 26 heavy (non-hydrogen) atoms. The minimum Gasteiger partial charge on any atom is -0.341 e. The van der Waals surface area contributed by atoms with E-state index >= 15 is 0 Å². The Bertz CT molecular complexity index is 852. The molecule has 2 aliphatic rings. The number of aromatic amines is 1. The zero-order valence-electron chi connectivity index (χ0n) is 14.6. The first-order chi connectivity index (χ1) is 12.6. The minimum absolute atomic E-state index is 0.00501. The van der Waals surface area contributed by atoms with Gasteiger partial charge in [0, 0.05) is 25.2 Å². The van der Waals surface area contributed by atoms with Crippen molar-refractivity contribution >= 4 is 29.3 Å². The number of amides is 2. The average molecular weight is 371 g/mol. The second-order valence-corrected chi connectivity index (χ2v) is 7.65. The number of nitrogens with zero attached hydrogens (tertiary/aromatic N) is 3. The summed E-state index contributed by atoms with van der Waals surface area (Å²) in [4.78, 5) is 31.6. The number of aromatic nitrogens is 3. The molecule has 2 amide bonds. The Morgan fingerprint density at radius 2 is 2.23 bits per heavy atom. The van der Waals surface area contributed by atoms with Crippen LogP contribution in [0.5, 0.6) is 0 Å². The van der Waals surface area contributed by atoms with Gasteiger partial charge in [-0.25, -0.2) is 4.98 Å². The van der Waals surface area contributed by atoms with Crippen molar-refractivity contribution in [2.24, 2.45) is 0 Å². The largest absolute Gasteiger partial charge is 0.341 e. The summed E-state index contributed by atoms with van der Waals surface area (Å²) >= 11 is 1.33. The van der Waals surface area contributed by atoms with E-state index in [0.717, 1.165) is 36.3 Å². The van der Waals surface area contributed by atoms with Crippen LogP contribution in [-0.2, 0) is 21.4 Å². The summed E-state index contributed by atoms with van der Waals surface area (Å²) in [5, 5.41) is 10.5. The van der Waals surface area contributed by atoms with Crippen molar-refractivity contribution in [2.45, 2.75) is 36.8 Å². The van der Waals surface area contributed by atoms with Crippen LogP contribution >= 0.6 is 11.8 Å². The molecule has 4 rings (SSSR count). The van der Waals surface area contributed by atoms with Gasteiger partial charge in [-0.15, -0.1) is 5.10 Å². The Labute approximate surface area is 155 Å². The summed E-state index contributed by atoms with van der Waals surface area (Å²) < 4.78 is 0. The Morgan fingerprint density at radius 1 is 1.38 bits per heavy atom. The molecule has 0 bridgehead atoms. The zero-order valence-corrected chi connectivity index (χ0v) is 15.4. The van der Waals surface area contributed by atoms with Crippen LogP contribution in [0.1, 0.15) is 31.2 Å². The summed E-state index contributed by atoms with van der Waals surface area (Å²) in [6.07, 6.45) is 2.37. The molecule has 0 unspecified atom stereocenters. The monoisotopic (exact) mass is 371 g/mol. The first-order valence-electron chi connectivity index (χ1n) is 8.85. The molecule has 1 aromatic carbocycles. The summed E-state index contributed by atoms with van der Waals surface area (Å²) in [5.41, 5.74) is 1.26. The number of thioether (sulfide) groups is 1. The van der Waals surface area contributed by atoms with Crippen LogP contribution in [0.3, 0.4) is 0 Å². The molecule has 2 aliphatic heterocycles. The van der Waals surface area contributed by atoms with E-state index in [0.29, 0.717) is 18.2 Å². The molecule has 7 nitrogen and oxygen atoms in total. The smallest absolute Gasteiger partial charge is 0.236 e. The molecule has 0 saturated carbocycles. The maximum absolute atomic E-state index is 12.7. The number of carbonyl (C=O) groups is 2. The highest BCUT2D eigenvalue weighted by Gasteiger charge is 2.49. The van der Waals surface area contributed by atoms with E-state index in [4.69, 9.17) is 0 Å². The molecule has 1 fully saturated rings. The predicted octanol–water partition coefficient (Wildman–Crippen LogP) is 1.97. The van der Waals surface area contributed by atoms with Crippen molar-refractivity contribution in [3.05, 3.63) is 35.7 Å². The van der Waals surface area contributed by atoms with Crippen LogP contribution < -0.4 is 5.32 Å². The fourth-order valence-corrected chi connectivity index (χ4v) is 4.49. The van der Waals surface area contributed by atoms with Gasteiger partial charge in [-0.05, 0) is 24.5 Å². The number of likely N-dealkylation sites (tertiary alicyclic amines) is 1. The van der Waals surface area contributed by atoms with Crippen molar-refractivity contribution < 1.29 is 9.59 Å². The van der Waals surface area contributed by atoms with E-state index in [1.807, 2.05) is 36.1 Å². The number of hydrogen-bond acceptors (Lipinski definition) is 5. The maximum Gasteiger partial charge on any atom is 0.236 e. The number of anilines is 1. The van der Waals surface area contributed by atoms with Gasteiger partial charge in [-0.1, -0.05) is 36.9 Å². The number of rotatable bonds is 4. The number of carbonyl (C=O) groups excluding carboxylic acids is 2. The van der Waals surface area contributed by atoms with E-state index in [-0.39, 0.29) is 17.6 Å². The summed E-state index contributed by atoms with van der Waals surface area (Å²) in [5.74, 6) is 1.12. The third kappa shape index (κ3) is 2.88. The van der Waals surface area contributed by atoms with Crippen molar-refractivity contribution in [1.82, 2.24) is 20.1 Å². The highest BCUT2D eigenvalue weighted by Crippen LogP contribution is 2.43. The number of H-pyrrole nitrogens is 1. The van der Waals surface area contributed by atoms with Crippen molar-refractivity contribution in [3.63, 3.8) is 0 Å². The zero-order chi connectivity index (χ0) is 18.1. The molecule has 0 aliphatic carbocycles. The molecular formula is C18H21N5O2S.